The predicted octanol–water partition coefficient (Wildman–Crippen LogP) is 3.58. The van der Waals surface area contributed by atoms with E-state index in [0.29, 0.717) is 13.0 Å². The minimum atomic E-state index is -4.33. The average Bonchev–Trinajstić information content (AvgIpc) is 3.00. The van der Waals surface area contributed by atoms with E-state index < -0.39 is 12.8 Å². The van der Waals surface area contributed by atoms with E-state index in [0.717, 1.165) is 29.1 Å². The second kappa shape index (κ2) is 8.42. The third-order valence-electron chi connectivity index (χ3n) is 3.82. The summed E-state index contributed by atoms with van der Waals surface area (Å²) in [6.45, 7) is 0.145. The highest BCUT2D eigenvalue weighted by atomic mass is 35.5. The summed E-state index contributed by atoms with van der Waals surface area (Å²) in [5.41, 5.74) is 3.06. The molecule has 8 heteroatoms. The molecular formula is C18H19ClF3N3O. The molecule has 0 aliphatic carbocycles. The van der Waals surface area contributed by atoms with E-state index in [2.05, 4.69) is 4.99 Å². The van der Waals surface area contributed by atoms with E-state index >= 15 is 0 Å². The molecule has 3 rings (SSSR count). The Labute approximate surface area is 155 Å². The smallest absolute Gasteiger partial charge is 0.422 e. The quantitative estimate of drug-likeness (QED) is 0.800. The third kappa shape index (κ3) is 5.37. The summed E-state index contributed by atoms with van der Waals surface area (Å²) < 4.78 is 41.1. The molecule has 1 heterocycles. The first-order valence-corrected chi connectivity index (χ1v) is 7.85. The van der Waals surface area contributed by atoms with E-state index in [4.69, 9.17) is 10.6 Å². The van der Waals surface area contributed by atoms with Crippen LogP contribution in [-0.4, -0.2) is 36.7 Å². The van der Waals surface area contributed by atoms with Gasteiger partial charge < -0.3 is 4.74 Å². The van der Waals surface area contributed by atoms with Gasteiger partial charge in [-0.2, -0.15) is 13.2 Å². The normalized spacial score (nSPS) is 14.0. The maximum absolute atomic E-state index is 12.1. The Morgan fingerprint density at radius 1 is 1.00 bits per heavy atom. The average molecular weight is 386 g/mol. The van der Waals surface area contributed by atoms with Crippen LogP contribution in [0, 0.1) is 0 Å². The molecule has 26 heavy (non-hydrogen) atoms. The third-order valence-corrected chi connectivity index (χ3v) is 3.82. The summed E-state index contributed by atoms with van der Waals surface area (Å²) in [5.74, 6) is 6.86. The molecule has 0 aromatic heterocycles. The van der Waals surface area contributed by atoms with Crippen molar-refractivity contribution >= 4 is 18.2 Å². The molecule has 0 fully saturated rings. The second-order valence-electron chi connectivity index (χ2n) is 5.82. The van der Waals surface area contributed by atoms with Gasteiger partial charge in [-0.25, -0.2) is 5.84 Å². The first kappa shape index (κ1) is 20.1. The molecule has 2 aromatic rings. The largest absolute Gasteiger partial charge is 0.484 e. The fraction of sp³-hybridized carbons (Fsp3) is 0.278. The number of halogens is 4. The summed E-state index contributed by atoms with van der Waals surface area (Å²) in [5, 5.41) is 1.63. The second-order valence-corrected chi connectivity index (χ2v) is 5.82. The number of alkyl halides is 3. The molecule has 1 aliphatic rings. The van der Waals surface area contributed by atoms with Gasteiger partial charge in [-0.3, -0.25) is 10.0 Å². The van der Waals surface area contributed by atoms with Gasteiger partial charge in [0.15, 0.2) is 6.61 Å². The van der Waals surface area contributed by atoms with E-state index in [1.165, 1.54) is 0 Å². The van der Waals surface area contributed by atoms with Gasteiger partial charge in [-0.15, -0.1) is 12.4 Å². The fourth-order valence-electron chi connectivity index (χ4n) is 2.59. The van der Waals surface area contributed by atoms with Crippen molar-refractivity contribution in [1.82, 2.24) is 5.01 Å². The molecule has 0 radical (unpaired) electrons. The number of hydrogen-bond acceptors (Lipinski definition) is 4. The van der Waals surface area contributed by atoms with E-state index in [-0.39, 0.29) is 18.2 Å². The first-order chi connectivity index (χ1) is 11.9. The lowest BCUT2D eigenvalue weighted by atomic mass is 10.0. The highest BCUT2D eigenvalue weighted by Crippen LogP contribution is 2.20. The van der Waals surface area contributed by atoms with Gasteiger partial charge in [0.2, 0.25) is 0 Å². The highest BCUT2D eigenvalue weighted by molar-refractivity contribution is 5.99. The van der Waals surface area contributed by atoms with Crippen molar-refractivity contribution in [3.8, 4) is 5.75 Å². The molecule has 1 aliphatic heterocycles. The van der Waals surface area contributed by atoms with Crippen molar-refractivity contribution in [3.63, 3.8) is 0 Å². The number of hydrogen-bond donors (Lipinski definition) is 1. The number of nitrogens with two attached hydrogens (primary N) is 1. The van der Waals surface area contributed by atoms with Crippen LogP contribution in [0.15, 0.2) is 53.5 Å². The zero-order chi connectivity index (χ0) is 17.9. The van der Waals surface area contributed by atoms with Gasteiger partial charge in [0.05, 0.1) is 13.1 Å². The maximum Gasteiger partial charge on any atom is 0.422 e. The van der Waals surface area contributed by atoms with Crippen LogP contribution in [0.5, 0.6) is 5.75 Å². The summed E-state index contributed by atoms with van der Waals surface area (Å²) in [7, 11) is 0. The zero-order valence-electron chi connectivity index (χ0n) is 13.9. The van der Waals surface area contributed by atoms with Crippen molar-refractivity contribution < 1.29 is 17.9 Å². The summed E-state index contributed by atoms with van der Waals surface area (Å²) in [6.07, 6.45) is -3.65. The molecule has 0 bridgehead atoms. The Balaban J connectivity index is 0.00000243. The Bertz CT molecular complexity index is 746. The molecule has 0 unspecified atom stereocenters. The maximum atomic E-state index is 12.1. The van der Waals surface area contributed by atoms with Crippen LogP contribution < -0.4 is 10.6 Å². The molecular weight excluding hydrogens is 367 g/mol. The van der Waals surface area contributed by atoms with Crippen LogP contribution in [0.4, 0.5) is 13.2 Å². The molecule has 4 nitrogen and oxygen atoms in total. The summed E-state index contributed by atoms with van der Waals surface area (Å²) in [4.78, 5) is 4.37. The molecule has 2 aromatic carbocycles. The number of hydrazine groups is 1. The Hall–Kier alpha value is -2.25. The lowest BCUT2D eigenvalue weighted by molar-refractivity contribution is -0.153. The lowest BCUT2D eigenvalue weighted by Gasteiger charge is -2.13. The number of ether oxygens (including phenoxy) is 1. The number of nitrogens with zero attached hydrogens (tertiary/aromatic N) is 2. The summed E-state index contributed by atoms with van der Waals surface area (Å²) >= 11 is 0. The van der Waals surface area contributed by atoms with E-state index in [9.17, 15) is 13.2 Å². The fourth-order valence-corrected chi connectivity index (χ4v) is 2.59. The van der Waals surface area contributed by atoms with Crippen molar-refractivity contribution in [2.75, 3.05) is 19.7 Å². The van der Waals surface area contributed by atoms with Gasteiger partial charge in [0, 0.05) is 5.56 Å². The molecule has 0 atom stereocenters. The molecule has 0 saturated heterocycles. The van der Waals surface area contributed by atoms with Crippen LogP contribution in [0.25, 0.3) is 0 Å². The summed E-state index contributed by atoms with van der Waals surface area (Å²) in [6, 6.07) is 14.6. The minimum Gasteiger partial charge on any atom is -0.484 e. The molecule has 0 spiro atoms. The topological polar surface area (TPSA) is 50.8 Å². The zero-order valence-corrected chi connectivity index (χ0v) is 14.7. The van der Waals surface area contributed by atoms with Crippen molar-refractivity contribution in [3.05, 3.63) is 65.2 Å². The van der Waals surface area contributed by atoms with Crippen molar-refractivity contribution in [1.29, 1.82) is 0 Å². The first-order valence-electron chi connectivity index (χ1n) is 7.85. The van der Waals surface area contributed by atoms with E-state index in [1.54, 1.807) is 29.3 Å². The van der Waals surface area contributed by atoms with Gasteiger partial charge in [0.25, 0.3) is 0 Å². The number of amidine groups is 1. The minimum absolute atomic E-state index is 0. The highest BCUT2D eigenvalue weighted by Gasteiger charge is 2.28. The van der Waals surface area contributed by atoms with Gasteiger partial charge in [-0.05, 0) is 29.7 Å². The van der Waals surface area contributed by atoms with Crippen LogP contribution in [0.2, 0.25) is 0 Å². The molecule has 0 saturated carbocycles. The molecule has 2 N–H and O–H groups in total. The van der Waals surface area contributed by atoms with E-state index in [1.807, 2.05) is 24.3 Å². The monoisotopic (exact) mass is 385 g/mol. The Kier molecular flexibility index (Phi) is 6.50. The van der Waals surface area contributed by atoms with Gasteiger partial charge in [-0.1, -0.05) is 36.4 Å². The van der Waals surface area contributed by atoms with Gasteiger partial charge >= 0.3 is 6.18 Å². The number of rotatable bonds is 5. The van der Waals surface area contributed by atoms with Crippen LogP contribution in [-0.2, 0) is 6.42 Å². The van der Waals surface area contributed by atoms with Crippen LogP contribution in [0.3, 0.4) is 0 Å². The number of aliphatic imine (C=N–C) groups is 1. The van der Waals surface area contributed by atoms with Gasteiger partial charge in [0.1, 0.15) is 11.6 Å². The van der Waals surface area contributed by atoms with Crippen LogP contribution in [0.1, 0.15) is 16.7 Å². The van der Waals surface area contributed by atoms with Crippen molar-refractivity contribution in [2.24, 2.45) is 10.8 Å². The Morgan fingerprint density at radius 2 is 1.58 bits per heavy atom. The SMILES string of the molecule is Cl.NN1CCN=C1c1ccc(Cc2ccc(OCC(F)(F)F)cc2)cc1. The molecule has 0 amide bonds. The predicted molar refractivity (Wildman–Crippen MR) is 96.8 cm³/mol. The lowest BCUT2D eigenvalue weighted by Crippen LogP contribution is -2.34. The standard InChI is InChI=1S/C18H18F3N3O.ClH/c19-18(20,21)12-25-16-7-3-14(4-8-16)11-13-1-5-15(6-2-13)17-23-9-10-24(17)22;/h1-8H,9-12,22H2;1H. The number of benzene rings is 2. The van der Waals surface area contributed by atoms with Crippen LogP contribution >= 0.6 is 12.4 Å². The van der Waals surface area contributed by atoms with Crippen molar-refractivity contribution in [2.45, 2.75) is 12.6 Å². The molecule has 140 valence electrons. The Morgan fingerprint density at radius 3 is 2.08 bits per heavy atom.